The highest BCUT2D eigenvalue weighted by Gasteiger charge is 2.04. The van der Waals surface area contributed by atoms with E-state index in [-0.39, 0.29) is 6.41 Å². The van der Waals surface area contributed by atoms with Crippen molar-refractivity contribution >= 4 is 10.4 Å². The van der Waals surface area contributed by atoms with Crippen molar-refractivity contribution in [2.24, 2.45) is 0 Å². The first-order chi connectivity index (χ1) is 4.26. The Labute approximate surface area is 58.7 Å². The molecule has 0 bridgehead atoms. The summed E-state index contributed by atoms with van der Waals surface area (Å²) in [5.74, 6) is 0. The molecule has 0 radical (unpaired) electrons. The molecule has 9 heavy (non-hydrogen) atoms. The van der Waals surface area contributed by atoms with Gasteiger partial charge in [-0.3, -0.25) is 0 Å². The van der Waals surface area contributed by atoms with Crippen LogP contribution in [-0.4, -0.2) is 35.6 Å². The fraction of sp³-hybridized carbons (Fsp3) is 0.600. The molecule has 0 saturated carbocycles. The zero-order valence-electron chi connectivity index (χ0n) is 6.13. The van der Waals surface area contributed by atoms with Gasteiger partial charge in [-0.15, -0.1) is 0 Å². The van der Waals surface area contributed by atoms with E-state index in [0.29, 0.717) is 0 Å². The first-order valence-electron chi connectivity index (χ1n) is 2.66. The number of ether oxygens (including phenoxy) is 2. The summed E-state index contributed by atoms with van der Waals surface area (Å²) in [4.78, 5) is 0. The molecule has 0 aliphatic carbocycles. The molecule has 0 saturated heterocycles. The van der Waals surface area contributed by atoms with Crippen molar-refractivity contribution in [3.63, 3.8) is 0 Å². The van der Waals surface area contributed by atoms with E-state index < -0.39 is 0 Å². The predicted octanol–water partition coefficient (Wildman–Crippen LogP) is -0.711. The molecule has 3 nitrogen and oxygen atoms in total. The van der Waals surface area contributed by atoms with Crippen LogP contribution < -0.4 is 0 Å². The molecule has 4 heteroatoms. The van der Waals surface area contributed by atoms with Crippen molar-refractivity contribution < 1.29 is 9.47 Å². The van der Waals surface area contributed by atoms with Gasteiger partial charge in [-0.1, -0.05) is 6.58 Å². The van der Waals surface area contributed by atoms with Gasteiger partial charge < -0.3 is 14.0 Å². The van der Waals surface area contributed by atoms with Gasteiger partial charge in [-0.25, -0.2) is 0 Å². The summed E-state index contributed by atoms with van der Waals surface area (Å²) in [6.07, 6.45) is 1.44. The highest BCUT2D eigenvalue weighted by Crippen LogP contribution is 1.95. The molecule has 0 amide bonds. The third-order valence-electron chi connectivity index (χ3n) is 1.02. The molecule has 0 rings (SSSR count). The Morgan fingerprint density at radius 2 is 2.00 bits per heavy atom. The maximum Gasteiger partial charge on any atom is 0.231 e. The van der Waals surface area contributed by atoms with Gasteiger partial charge in [-0.05, 0) is 6.20 Å². The summed E-state index contributed by atoms with van der Waals surface area (Å²) in [5.41, 5.74) is 0. The van der Waals surface area contributed by atoms with E-state index in [2.05, 4.69) is 6.58 Å². The monoisotopic (exact) mass is 147 g/mol. The summed E-state index contributed by atoms with van der Waals surface area (Å²) in [7, 11) is 4.06. The normalized spacial score (nSPS) is 10.1. The summed E-state index contributed by atoms with van der Waals surface area (Å²) in [6, 6.07) is 0. The Hall–Kier alpha value is -0.323. The van der Waals surface area contributed by atoms with Crippen LogP contribution in [0.15, 0.2) is 12.8 Å². The zero-order valence-corrected chi connectivity index (χ0v) is 8.13. The second kappa shape index (κ2) is 4.55. The zero-order chi connectivity index (χ0) is 7.28. The van der Waals surface area contributed by atoms with Crippen molar-refractivity contribution in [1.82, 2.24) is 4.57 Å². The van der Waals surface area contributed by atoms with E-state index in [1.54, 1.807) is 20.4 Å². The highest BCUT2D eigenvalue weighted by atomic mass is 28.2. The number of nitrogens with zero attached hydrogens (tertiary/aromatic N) is 1. The van der Waals surface area contributed by atoms with Crippen molar-refractivity contribution in [2.75, 3.05) is 14.2 Å². The van der Waals surface area contributed by atoms with Crippen LogP contribution in [0.4, 0.5) is 0 Å². The van der Waals surface area contributed by atoms with E-state index in [1.807, 2.05) is 4.57 Å². The van der Waals surface area contributed by atoms with E-state index in [4.69, 9.17) is 9.47 Å². The Morgan fingerprint density at radius 1 is 1.56 bits per heavy atom. The van der Waals surface area contributed by atoms with Crippen molar-refractivity contribution in [2.45, 2.75) is 6.41 Å². The fourth-order valence-corrected chi connectivity index (χ4v) is 0.936. The number of rotatable bonds is 4. The van der Waals surface area contributed by atoms with E-state index in [9.17, 15) is 0 Å². The first kappa shape index (κ1) is 8.68. The minimum absolute atomic E-state index is 0.255. The minimum atomic E-state index is -0.255. The lowest BCUT2D eigenvalue weighted by molar-refractivity contribution is -0.153. The van der Waals surface area contributed by atoms with E-state index in [0.717, 1.165) is 10.4 Å². The van der Waals surface area contributed by atoms with Gasteiger partial charge in [-0.2, -0.15) is 0 Å². The standard InChI is InChI=1S/C5H13NO2Si/c1-4-6(9)5(7-2)8-3/h4-5H,1H2,2-3,9H3. The highest BCUT2D eigenvalue weighted by molar-refractivity contribution is 6.05. The quantitative estimate of drug-likeness (QED) is 0.387. The molecule has 0 aliphatic heterocycles. The second-order valence-electron chi connectivity index (χ2n) is 1.63. The Morgan fingerprint density at radius 3 is 2.11 bits per heavy atom. The van der Waals surface area contributed by atoms with Crippen molar-refractivity contribution in [1.29, 1.82) is 0 Å². The van der Waals surface area contributed by atoms with Crippen LogP contribution in [0.5, 0.6) is 0 Å². The lowest BCUT2D eigenvalue weighted by Gasteiger charge is -2.23. The van der Waals surface area contributed by atoms with Crippen LogP contribution in [0.3, 0.4) is 0 Å². The summed E-state index contributed by atoms with van der Waals surface area (Å²) >= 11 is 0. The summed E-state index contributed by atoms with van der Waals surface area (Å²) in [6.45, 7) is 3.58. The van der Waals surface area contributed by atoms with Gasteiger partial charge in [0.05, 0.1) is 0 Å². The molecule has 0 N–H and O–H groups in total. The Kier molecular flexibility index (Phi) is 4.38. The predicted molar refractivity (Wildman–Crippen MR) is 39.8 cm³/mol. The SMILES string of the molecule is C=CN([SiH3])C(OC)OC. The van der Waals surface area contributed by atoms with Crippen LogP contribution in [0, 0.1) is 0 Å². The topological polar surface area (TPSA) is 21.7 Å². The minimum Gasteiger partial charge on any atom is -0.367 e. The molecule has 0 aliphatic rings. The number of hydrogen-bond donors (Lipinski definition) is 0. The second-order valence-corrected chi connectivity index (χ2v) is 2.66. The lowest BCUT2D eigenvalue weighted by atomic mass is 10.9. The average Bonchev–Trinajstić information content (AvgIpc) is 1.90. The van der Waals surface area contributed by atoms with Crippen molar-refractivity contribution in [3.8, 4) is 0 Å². The molecule has 0 aromatic carbocycles. The average molecular weight is 147 g/mol. The van der Waals surface area contributed by atoms with E-state index in [1.165, 1.54) is 0 Å². The molecule has 0 unspecified atom stereocenters. The first-order valence-corrected chi connectivity index (χ1v) is 3.55. The molecule has 0 fully saturated rings. The lowest BCUT2D eigenvalue weighted by Crippen LogP contribution is -2.31. The fourth-order valence-electron chi connectivity index (χ4n) is 0.515. The van der Waals surface area contributed by atoms with Crippen LogP contribution in [0.2, 0.25) is 0 Å². The summed E-state index contributed by atoms with van der Waals surface area (Å²) in [5, 5.41) is 0. The largest absolute Gasteiger partial charge is 0.367 e. The van der Waals surface area contributed by atoms with Crippen LogP contribution in [0.1, 0.15) is 0 Å². The maximum absolute atomic E-state index is 4.92. The Bertz CT molecular complexity index is 85.0. The van der Waals surface area contributed by atoms with Crippen LogP contribution in [0.25, 0.3) is 0 Å². The summed E-state index contributed by atoms with van der Waals surface area (Å²) < 4.78 is 11.7. The molecular weight excluding hydrogens is 134 g/mol. The molecule has 0 aromatic rings. The van der Waals surface area contributed by atoms with Gasteiger partial charge in [0.25, 0.3) is 0 Å². The van der Waals surface area contributed by atoms with Crippen LogP contribution in [-0.2, 0) is 9.47 Å². The van der Waals surface area contributed by atoms with Crippen molar-refractivity contribution in [3.05, 3.63) is 12.8 Å². The molecule has 0 spiro atoms. The molecule has 0 aromatic heterocycles. The molecule has 0 atom stereocenters. The molecular formula is C5H13NO2Si. The van der Waals surface area contributed by atoms with E-state index >= 15 is 0 Å². The molecule has 0 heterocycles. The molecule has 54 valence electrons. The van der Waals surface area contributed by atoms with Gasteiger partial charge >= 0.3 is 0 Å². The van der Waals surface area contributed by atoms with Gasteiger partial charge in [0.15, 0.2) is 0 Å². The van der Waals surface area contributed by atoms with Crippen LogP contribution >= 0.6 is 0 Å². The van der Waals surface area contributed by atoms with Gasteiger partial charge in [0.1, 0.15) is 10.4 Å². The Balaban J connectivity index is 3.63. The van der Waals surface area contributed by atoms with Gasteiger partial charge in [0.2, 0.25) is 6.41 Å². The number of hydrogen-bond acceptors (Lipinski definition) is 3. The number of methoxy groups -OCH3 is 2. The smallest absolute Gasteiger partial charge is 0.231 e. The maximum atomic E-state index is 4.92. The van der Waals surface area contributed by atoms with Gasteiger partial charge in [0, 0.05) is 14.2 Å². The third-order valence-corrected chi connectivity index (χ3v) is 1.81. The third kappa shape index (κ3) is 2.64.